The van der Waals surface area contributed by atoms with E-state index in [9.17, 15) is 9.59 Å². The lowest BCUT2D eigenvalue weighted by atomic mass is 9.87. The Morgan fingerprint density at radius 2 is 1.72 bits per heavy atom. The van der Waals surface area contributed by atoms with Gasteiger partial charge in [0.15, 0.2) is 0 Å². The van der Waals surface area contributed by atoms with Gasteiger partial charge in [-0.2, -0.15) is 0 Å². The molecule has 0 unspecified atom stereocenters. The van der Waals surface area contributed by atoms with Crippen molar-refractivity contribution >= 4 is 12.0 Å². The van der Waals surface area contributed by atoms with Crippen molar-refractivity contribution in [2.75, 3.05) is 32.8 Å². The highest BCUT2D eigenvalue weighted by atomic mass is 16.5. The topological polar surface area (TPSA) is 73.3 Å². The molecule has 3 aliphatic heterocycles. The molecule has 0 spiro atoms. The molecule has 7 heteroatoms. The van der Waals surface area contributed by atoms with Gasteiger partial charge in [-0.1, -0.05) is 12.8 Å². The van der Waals surface area contributed by atoms with Crippen molar-refractivity contribution in [2.45, 2.75) is 69.2 Å². The summed E-state index contributed by atoms with van der Waals surface area (Å²) in [5, 5.41) is 9.13. The smallest absolute Gasteiger partial charge is 0.407 e. The molecule has 7 nitrogen and oxygen atoms in total. The molecule has 2 amide bonds. The molecule has 3 atom stereocenters. The maximum Gasteiger partial charge on any atom is 0.407 e. The molecule has 3 saturated heterocycles. The van der Waals surface area contributed by atoms with Crippen molar-refractivity contribution in [3.8, 4) is 0 Å². The number of carbonyl (C=O) groups excluding carboxylic acids is 1. The average molecular weight is 351 g/mol. The zero-order valence-electron chi connectivity index (χ0n) is 14.8. The third-order valence-corrected chi connectivity index (χ3v) is 6.58. The second kappa shape index (κ2) is 7.11. The van der Waals surface area contributed by atoms with Crippen molar-refractivity contribution in [3.63, 3.8) is 0 Å². The van der Waals surface area contributed by atoms with E-state index in [1.165, 1.54) is 17.7 Å². The summed E-state index contributed by atoms with van der Waals surface area (Å²) in [4.78, 5) is 29.8. The van der Waals surface area contributed by atoms with Crippen LogP contribution in [0.4, 0.5) is 4.79 Å². The minimum atomic E-state index is -0.806. The third-order valence-electron chi connectivity index (χ3n) is 6.58. The Kier molecular flexibility index (Phi) is 4.86. The van der Waals surface area contributed by atoms with Crippen molar-refractivity contribution in [2.24, 2.45) is 0 Å². The van der Waals surface area contributed by atoms with E-state index in [0.717, 1.165) is 45.2 Å². The standard InChI is InChI=1S/C18H29N3O4/c22-17-12-25-16-4-2-1-3-15(16)21(17)13-5-8-19(9-6-13)14-7-10-20(11-14)18(23)24/h13-16H,1-12H2,(H,23,24)/t14-,15-,16-/m0/s1. The van der Waals surface area contributed by atoms with E-state index in [4.69, 9.17) is 9.84 Å². The molecule has 4 rings (SSSR count). The third kappa shape index (κ3) is 3.36. The lowest BCUT2D eigenvalue weighted by Gasteiger charge is -2.49. The number of nitrogens with zero attached hydrogens (tertiary/aromatic N) is 3. The summed E-state index contributed by atoms with van der Waals surface area (Å²) in [6.45, 7) is 3.44. The van der Waals surface area contributed by atoms with Crippen LogP contribution < -0.4 is 0 Å². The fourth-order valence-electron chi connectivity index (χ4n) is 5.24. The summed E-state index contributed by atoms with van der Waals surface area (Å²) in [7, 11) is 0. The van der Waals surface area contributed by atoms with Crippen molar-refractivity contribution < 1.29 is 19.4 Å². The van der Waals surface area contributed by atoms with Crippen molar-refractivity contribution in [1.82, 2.24) is 14.7 Å². The molecule has 4 aliphatic rings. The number of carboxylic acid groups (broad SMARTS) is 1. The number of piperidine rings is 1. The van der Waals surface area contributed by atoms with E-state index in [1.54, 1.807) is 0 Å². The lowest BCUT2D eigenvalue weighted by Crippen LogP contribution is -2.61. The molecular formula is C18H29N3O4. The largest absolute Gasteiger partial charge is 0.465 e. The van der Waals surface area contributed by atoms with E-state index in [-0.39, 0.29) is 24.7 Å². The minimum absolute atomic E-state index is 0.166. The number of rotatable bonds is 2. The van der Waals surface area contributed by atoms with Gasteiger partial charge in [-0.25, -0.2) is 4.79 Å². The molecule has 4 fully saturated rings. The highest BCUT2D eigenvalue weighted by molar-refractivity contribution is 5.79. The van der Waals surface area contributed by atoms with Gasteiger partial charge in [-0.05, 0) is 32.1 Å². The molecule has 1 aliphatic carbocycles. The first-order valence-electron chi connectivity index (χ1n) is 9.78. The van der Waals surface area contributed by atoms with E-state index in [2.05, 4.69) is 9.80 Å². The Hall–Kier alpha value is -1.34. The Morgan fingerprint density at radius 3 is 2.44 bits per heavy atom. The predicted molar refractivity (Wildman–Crippen MR) is 91.4 cm³/mol. The zero-order chi connectivity index (χ0) is 17.4. The number of fused-ring (bicyclic) bond motifs is 1. The number of morpholine rings is 1. The average Bonchev–Trinajstić information content (AvgIpc) is 3.12. The van der Waals surface area contributed by atoms with Gasteiger partial charge >= 0.3 is 6.09 Å². The number of amides is 2. The highest BCUT2D eigenvalue weighted by Gasteiger charge is 2.43. The van der Waals surface area contributed by atoms with E-state index in [0.29, 0.717) is 25.2 Å². The van der Waals surface area contributed by atoms with E-state index < -0.39 is 6.09 Å². The van der Waals surface area contributed by atoms with Gasteiger partial charge in [0.2, 0.25) is 5.91 Å². The van der Waals surface area contributed by atoms with Gasteiger partial charge in [0.1, 0.15) is 6.61 Å². The number of likely N-dealkylation sites (tertiary alicyclic amines) is 2. The van der Waals surface area contributed by atoms with Crippen molar-refractivity contribution in [3.05, 3.63) is 0 Å². The fourth-order valence-corrected chi connectivity index (χ4v) is 5.24. The summed E-state index contributed by atoms with van der Waals surface area (Å²) in [5.41, 5.74) is 0. The normalized spacial score (nSPS) is 35.0. The molecule has 3 heterocycles. The predicted octanol–water partition coefficient (Wildman–Crippen LogP) is 1.37. The zero-order valence-corrected chi connectivity index (χ0v) is 14.8. The Balaban J connectivity index is 1.35. The number of hydrogen-bond acceptors (Lipinski definition) is 4. The van der Waals surface area contributed by atoms with Crippen LogP contribution in [0.25, 0.3) is 0 Å². The van der Waals surface area contributed by atoms with Crippen LogP contribution >= 0.6 is 0 Å². The van der Waals surface area contributed by atoms with Crippen molar-refractivity contribution in [1.29, 1.82) is 0 Å². The van der Waals surface area contributed by atoms with Gasteiger partial charge < -0.3 is 19.6 Å². The van der Waals surface area contributed by atoms with Crippen LogP contribution in [-0.2, 0) is 9.53 Å². The number of carbonyl (C=O) groups is 2. The molecule has 0 aromatic heterocycles. The summed E-state index contributed by atoms with van der Waals surface area (Å²) in [6, 6.07) is 0.954. The first-order chi connectivity index (χ1) is 12.1. The molecular weight excluding hydrogens is 322 g/mol. The summed E-state index contributed by atoms with van der Waals surface area (Å²) >= 11 is 0. The van der Waals surface area contributed by atoms with Gasteiger partial charge in [0.25, 0.3) is 0 Å². The van der Waals surface area contributed by atoms with Crippen LogP contribution in [0.1, 0.15) is 44.9 Å². The summed E-state index contributed by atoms with van der Waals surface area (Å²) in [5.74, 6) is 0.166. The maximum absolute atomic E-state index is 12.5. The molecule has 140 valence electrons. The van der Waals surface area contributed by atoms with Crippen LogP contribution in [0.2, 0.25) is 0 Å². The molecule has 1 saturated carbocycles. The fraction of sp³-hybridized carbons (Fsp3) is 0.889. The van der Waals surface area contributed by atoms with Gasteiger partial charge in [-0.3, -0.25) is 9.69 Å². The molecule has 25 heavy (non-hydrogen) atoms. The first kappa shape index (κ1) is 17.1. The van der Waals surface area contributed by atoms with Crippen LogP contribution in [0.5, 0.6) is 0 Å². The monoisotopic (exact) mass is 351 g/mol. The Bertz CT molecular complexity index is 520. The second-order valence-electron chi connectivity index (χ2n) is 7.94. The number of ether oxygens (including phenoxy) is 1. The van der Waals surface area contributed by atoms with Gasteiger partial charge in [-0.15, -0.1) is 0 Å². The van der Waals surface area contributed by atoms with E-state index >= 15 is 0 Å². The van der Waals surface area contributed by atoms with Crippen LogP contribution in [-0.4, -0.2) is 88.8 Å². The van der Waals surface area contributed by atoms with Crippen LogP contribution in [0.3, 0.4) is 0 Å². The van der Waals surface area contributed by atoms with E-state index in [1.807, 2.05) is 0 Å². The maximum atomic E-state index is 12.5. The lowest BCUT2D eigenvalue weighted by molar-refractivity contribution is -0.167. The second-order valence-corrected chi connectivity index (χ2v) is 7.94. The van der Waals surface area contributed by atoms with Crippen LogP contribution in [0.15, 0.2) is 0 Å². The Morgan fingerprint density at radius 1 is 1.00 bits per heavy atom. The van der Waals surface area contributed by atoms with Gasteiger partial charge in [0, 0.05) is 38.3 Å². The SMILES string of the molecule is O=C(O)N1CC[C@H](N2CCC(N3C(=O)CO[C@H]4CCCC[C@@H]43)CC2)C1. The summed E-state index contributed by atoms with van der Waals surface area (Å²) in [6.07, 6.45) is 6.93. The molecule has 0 aromatic rings. The highest BCUT2D eigenvalue weighted by Crippen LogP contribution is 2.33. The van der Waals surface area contributed by atoms with Crippen LogP contribution in [0, 0.1) is 0 Å². The molecule has 1 N–H and O–H groups in total. The molecule has 0 bridgehead atoms. The molecule has 0 radical (unpaired) electrons. The van der Waals surface area contributed by atoms with Gasteiger partial charge in [0.05, 0.1) is 12.1 Å². The Labute approximate surface area is 148 Å². The summed E-state index contributed by atoms with van der Waals surface area (Å²) < 4.78 is 5.79. The first-order valence-corrected chi connectivity index (χ1v) is 9.78. The molecule has 0 aromatic carbocycles. The number of hydrogen-bond donors (Lipinski definition) is 1. The quantitative estimate of drug-likeness (QED) is 0.813. The minimum Gasteiger partial charge on any atom is -0.465 e.